The maximum Gasteiger partial charge on any atom is 0.0195 e. The Bertz CT molecular complexity index is 173. The summed E-state index contributed by atoms with van der Waals surface area (Å²) in [5.74, 6) is 0.760. The van der Waals surface area contributed by atoms with E-state index in [1.807, 2.05) is 0 Å². The van der Waals surface area contributed by atoms with Gasteiger partial charge in [0.25, 0.3) is 0 Å². The average molecular weight is 212 g/mol. The molecule has 0 aromatic heterocycles. The molecule has 0 spiro atoms. The van der Waals surface area contributed by atoms with Crippen LogP contribution in [-0.2, 0) is 0 Å². The van der Waals surface area contributed by atoms with Gasteiger partial charge in [-0.3, -0.25) is 4.90 Å². The number of hydrogen-bond acceptors (Lipinski definition) is 2. The van der Waals surface area contributed by atoms with Crippen molar-refractivity contribution in [1.29, 1.82) is 0 Å². The van der Waals surface area contributed by atoms with Crippen LogP contribution in [0.4, 0.5) is 0 Å². The summed E-state index contributed by atoms with van der Waals surface area (Å²) in [5, 5.41) is 3.62. The van der Waals surface area contributed by atoms with Crippen molar-refractivity contribution >= 4 is 0 Å². The molecule has 0 saturated heterocycles. The topological polar surface area (TPSA) is 15.3 Å². The van der Waals surface area contributed by atoms with E-state index in [0.717, 1.165) is 18.5 Å². The molecule has 1 aliphatic carbocycles. The van der Waals surface area contributed by atoms with Gasteiger partial charge in [0.1, 0.15) is 0 Å². The van der Waals surface area contributed by atoms with E-state index in [-0.39, 0.29) is 0 Å². The first-order chi connectivity index (χ1) is 7.00. The van der Waals surface area contributed by atoms with Crippen LogP contribution >= 0.6 is 0 Å². The molecular formula is C13H28N2. The Balaban J connectivity index is 2.31. The second kappa shape index (κ2) is 5.86. The SMILES string of the molecule is CC(C)CN(C(C)C)C(C)CNC1CC1. The quantitative estimate of drug-likeness (QED) is 0.697. The van der Waals surface area contributed by atoms with Crippen molar-refractivity contribution in [3.63, 3.8) is 0 Å². The third kappa shape index (κ3) is 4.98. The zero-order valence-electron chi connectivity index (χ0n) is 11.1. The molecular weight excluding hydrogens is 184 g/mol. The van der Waals surface area contributed by atoms with Crippen LogP contribution in [0.1, 0.15) is 47.5 Å². The molecule has 2 heteroatoms. The van der Waals surface area contributed by atoms with Crippen molar-refractivity contribution in [2.75, 3.05) is 13.1 Å². The van der Waals surface area contributed by atoms with Gasteiger partial charge in [0.15, 0.2) is 0 Å². The van der Waals surface area contributed by atoms with Gasteiger partial charge < -0.3 is 5.32 Å². The summed E-state index contributed by atoms with van der Waals surface area (Å²) in [6.07, 6.45) is 2.77. The normalized spacial score (nSPS) is 19.2. The van der Waals surface area contributed by atoms with Gasteiger partial charge in [-0.15, -0.1) is 0 Å². The molecule has 1 unspecified atom stereocenters. The third-order valence-corrected chi connectivity index (χ3v) is 3.08. The molecule has 0 amide bonds. The van der Waals surface area contributed by atoms with Crippen LogP contribution in [-0.4, -0.2) is 36.1 Å². The van der Waals surface area contributed by atoms with E-state index < -0.39 is 0 Å². The van der Waals surface area contributed by atoms with Gasteiger partial charge in [-0.05, 0) is 39.5 Å². The molecule has 1 aliphatic rings. The minimum absolute atomic E-state index is 0.656. The van der Waals surface area contributed by atoms with E-state index in [4.69, 9.17) is 0 Å². The average Bonchev–Trinajstić information content (AvgIpc) is 2.93. The maximum absolute atomic E-state index is 3.62. The minimum atomic E-state index is 0.656. The first kappa shape index (κ1) is 13.0. The van der Waals surface area contributed by atoms with Gasteiger partial charge in [-0.2, -0.15) is 0 Å². The largest absolute Gasteiger partial charge is 0.312 e. The van der Waals surface area contributed by atoms with E-state index >= 15 is 0 Å². The van der Waals surface area contributed by atoms with Gasteiger partial charge in [-0.25, -0.2) is 0 Å². The van der Waals surface area contributed by atoms with Crippen molar-refractivity contribution in [1.82, 2.24) is 10.2 Å². The van der Waals surface area contributed by atoms with E-state index in [1.165, 1.54) is 19.4 Å². The predicted molar refractivity (Wildman–Crippen MR) is 67.2 cm³/mol. The Labute approximate surface area is 95.4 Å². The smallest absolute Gasteiger partial charge is 0.0195 e. The van der Waals surface area contributed by atoms with Crippen molar-refractivity contribution < 1.29 is 0 Å². The third-order valence-electron chi connectivity index (χ3n) is 3.08. The first-order valence-electron chi connectivity index (χ1n) is 6.49. The van der Waals surface area contributed by atoms with Crippen LogP contribution in [0.2, 0.25) is 0 Å². The highest BCUT2D eigenvalue weighted by Crippen LogP contribution is 2.19. The monoisotopic (exact) mass is 212 g/mol. The second-order valence-electron chi connectivity index (χ2n) is 5.72. The van der Waals surface area contributed by atoms with Crippen molar-refractivity contribution in [3.8, 4) is 0 Å². The summed E-state index contributed by atoms with van der Waals surface area (Å²) in [5.41, 5.74) is 0. The minimum Gasteiger partial charge on any atom is -0.312 e. The highest BCUT2D eigenvalue weighted by molar-refractivity contribution is 4.83. The number of hydrogen-bond donors (Lipinski definition) is 1. The highest BCUT2D eigenvalue weighted by atomic mass is 15.2. The molecule has 2 nitrogen and oxygen atoms in total. The Morgan fingerprint density at radius 2 is 1.73 bits per heavy atom. The zero-order valence-corrected chi connectivity index (χ0v) is 11.1. The van der Waals surface area contributed by atoms with E-state index in [1.54, 1.807) is 0 Å². The number of nitrogens with zero attached hydrogens (tertiary/aromatic N) is 1. The highest BCUT2D eigenvalue weighted by Gasteiger charge is 2.23. The first-order valence-corrected chi connectivity index (χ1v) is 6.49. The van der Waals surface area contributed by atoms with Gasteiger partial charge in [-0.1, -0.05) is 13.8 Å². The van der Waals surface area contributed by atoms with Gasteiger partial charge in [0.2, 0.25) is 0 Å². The standard InChI is InChI=1S/C13H28N2/c1-10(2)9-15(11(3)4)12(5)8-14-13-6-7-13/h10-14H,6-9H2,1-5H3. The van der Waals surface area contributed by atoms with E-state index in [0.29, 0.717) is 12.1 Å². The molecule has 0 heterocycles. The second-order valence-corrected chi connectivity index (χ2v) is 5.72. The molecule has 1 rings (SSSR count). The number of nitrogens with one attached hydrogen (secondary N) is 1. The van der Waals surface area contributed by atoms with Gasteiger partial charge in [0.05, 0.1) is 0 Å². The van der Waals surface area contributed by atoms with Crippen molar-refractivity contribution in [2.45, 2.75) is 65.6 Å². The lowest BCUT2D eigenvalue weighted by molar-refractivity contribution is 0.142. The van der Waals surface area contributed by atoms with Crippen LogP contribution in [0.5, 0.6) is 0 Å². The Hall–Kier alpha value is -0.0800. The molecule has 1 N–H and O–H groups in total. The Morgan fingerprint density at radius 1 is 1.13 bits per heavy atom. The van der Waals surface area contributed by atoms with Crippen LogP contribution in [0.25, 0.3) is 0 Å². The lowest BCUT2D eigenvalue weighted by Gasteiger charge is -2.34. The Morgan fingerprint density at radius 3 is 2.13 bits per heavy atom. The van der Waals surface area contributed by atoms with Crippen molar-refractivity contribution in [2.24, 2.45) is 5.92 Å². The summed E-state index contributed by atoms with van der Waals surface area (Å²) in [4.78, 5) is 2.61. The molecule has 1 fully saturated rings. The molecule has 0 aliphatic heterocycles. The van der Waals surface area contributed by atoms with Crippen LogP contribution in [0.15, 0.2) is 0 Å². The van der Waals surface area contributed by atoms with Crippen LogP contribution in [0.3, 0.4) is 0 Å². The predicted octanol–water partition coefficient (Wildman–Crippen LogP) is 2.49. The molecule has 0 radical (unpaired) electrons. The van der Waals surface area contributed by atoms with Gasteiger partial charge >= 0.3 is 0 Å². The van der Waals surface area contributed by atoms with Crippen molar-refractivity contribution in [3.05, 3.63) is 0 Å². The fourth-order valence-electron chi connectivity index (χ4n) is 2.06. The summed E-state index contributed by atoms with van der Waals surface area (Å²) in [6.45, 7) is 13.9. The molecule has 1 atom stereocenters. The lowest BCUT2D eigenvalue weighted by Crippen LogP contribution is -2.46. The molecule has 15 heavy (non-hydrogen) atoms. The summed E-state index contributed by atoms with van der Waals surface area (Å²) in [7, 11) is 0. The maximum atomic E-state index is 3.62. The summed E-state index contributed by atoms with van der Waals surface area (Å²) < 4.78 is 0. The fourth-order valence-corrected chi connectivity index (χ4v) is 2.06. The molecule has 0 aromatic rings. The summed E-state index contributed by atoms with van der Waals surface area (Å²) >= 11 is 0. The molecule has 0 aromatic carbocycles. The van der Waals surface area contributed by atoms with E-state index in [9.17, 15) is 0 Å². The molecule has 0 bridgehead atoms. The van der Waals surface area contributed by atoms with Crippen LogP contribution < -0.4 is 5.32 Å². The number of rotatable bonds is 7. The zero-order chi connectivity index (χ0) is 11.4. The molecule has 1 saturated carbocycles. The summed E-state index contributed by atoms with van der Waals surface area (Å²) in [6, 6.07) is 2.15. The Kier molecular flexibility index (Phi) is 5.07. The lowest BCUT2D eigenvalue weighted by atomic mass is 10.1. The fraction of sp³-hybridized carbons (Fsp3) is 1.00. The van der Waals surface area contributed by atoms with Crippen LogP contribution in [0, 0.1) is 5.92 Å². The van der Waals surface area contributed by atoms with E-state index in [2.05, 4.69) is 44.8 Å². The van der Waals surface area contributed by atoms with Gasteiger partial charge in [0, 0.05) is 31.2 Å². The molecule has 90 valence electrons.